The Labute approximate surface area is 273 Å². The first kappa shape index (κ1) is 32.9. The van der Waals surface area contributed by atoms with Crippen molar-refractivity contribution in [1.82, 2.24) is 34.5 Å². The van der Waals surface area contributed by atoms with Gasteiger partial charge in [0.15, 0.2) is 5.75 Å². The van der Waals surface area contributed by atoms with Gasteiger partial charge < -0.3 is 34.4 Å². The zero-order chi connectivity index (χ0) is 32.8. The molecule has 3 N–H and O–H groups in total. The highest BCUT2D eigenvalue weighted by molar-refractivity contribution is 7.90. The van der Waals surface area contributed by atoms with E-state index < -0.39 is 16.1 Å². The molecule has 0 aromatic carbocycles. The normalized spacial score (nSPS) is 21.3. The number of fused-ring (bicyclic) bond motifs is 1. The van der Waals surface area contributed by atoms with Crippen molar-refractivity contribution in [2.75, 3.05) is 82.9 Å². The summed E-state index contributed by atoms with van der Waals surface area (Å²) in [5.74, 6) is 2.10. The number of carbonyl (C=O) groups is 1. The summed E-state index contributed by atoms with van der Waals surface area (Å²) in [5, 5.41) is 12.8. The zero-order valence-electron chi connectivity index (χ0n) is 26.4. The number of nitrogens with one attached hydrogen (secondary N) is 2. The molecule has 47 heavy (non-hydrogen) atoms. The number of ether oxygens (including phenoxy) is 3. The number of morpholine rings is 1. The SMILES string of the molecule is CN1CCN(CCOc2cnc(NC3CCC(Oc4nc(N5CCOCC5)cc5ncc(S(=O)(=O)NC(=O)O)cc45)CC3)nc2)CC1. The number of nitrogens with zero attached hydrogens (tertiary/aromatic N) is 7. The van der Waals surface area contributed by atoms with Crippen LogP contribution >= 0.6 is 0 Å². The molecule has 5 heterocycles. The van der Waals surface area contributed by atoms with Crippen molar-refractivity contribution >= 4 is 38.8 Å². The van der Waals surface area contributed by atoms with Crippen molar-refractivity contribution in [3.8, 4) is 11.6 Å². The van der Waals surface area contributed by atoms with Gasteiger partial charge in [-0.25, -0.2) is 27.9 Å². The van der Waals surface area contributed by atoms with Crippen molar-refractivity contribution < 1.29 is 32.5 Å². The Morgan fingerprint density at radius 1 is 1.00 bits per heavy atom. The van der Waals surface area contributed by atoms with E-state index in [2.05, 4.69) is 42.0 Å². The lowest BCUT2D eigenvalue weighted by molar-refractivity contribution is 0.122. The molecule has 6 rings (SSSR count). The maximum atomic E-state index is 12.6. The highest BCUT2D eigenvalue weighted by Gasteiger charge is 2.26. The molecule has 0 spiro atoms. The van der Waals surface area contributed by atoms with Gasteiger partial charge in [0.2, 0.25) is 11.8 Å². The number of piperazine rings is 1. The number of sulfonamides is 1. The summed E-state index contributed by atoms with van der Waals surface area (Å²) in [7, 11) is -2.19. The smallest absolute Gasteiger partial charge is 0.418 e. The molecule has 3 aromatic rings. The van der Waals surface area contributed by atoms with Crippen LogP contribution in [0.3, 0.4) is 0 Å². The molecule has 1 aliphatic carbocycles. The first-order chi connectivity index (χ1) is 22.7. The van der Waals surface area contributed by atoms with Gasteiger partial charge in [0, 0.05) is 64.1 Å². The van der Waals surface area contributed by atoms with Crippen LogP contribution in [0, 0.1) is 0 Å². The monoisotopic (exact) mass is 671 g/mol. The molecule has 0 radical (unpaired) electrons. The second kappa shape index (κ2) is 14.8. The minimum absolute atomic E-state index is 0.156. The third-order valence-electron chi connectivity index (χ3n) is 8.66. The van der Waals surface area contributed by atoms with E-state index >= 15 is 0 Å². The Kier molecular flexibility index (Phi) is 10.3. The van der Waals surface area contributed by atoms with Gasteiger partial charge in [-0.15, -0.1) is 0 Å². The molecular formula is C30H41N9O7S. The van der Waals surface area contributed by atoms with Crippen LogP contribution in [0.25, 0.3) is 10.9 Å². The van der Waals surface area contributed by atoms with Crippen molar-refractivity contribution in [3.05, 3.63) is 30.7 Å². The lowest BCUT2D eigenvalue weighted by Gasteiger charge is -2.32. The van der Waals surface area contributed by atoms with Crippen LogP contribution < -0.4 is 24.4 Å². The van der Waals surface area contributed by atoms with E-state index in [1.165, 1.54) is 6.07 Å². The molecule has 3 fully saturated rings. The average Bonchev–Trinajstić information content (AvgIpc) is 3.07. The molecular weight excluding hydrogens is 630 g/mol. The summed E-state index contributed by atoms with van der Waals surface area (Å²) in [6.45, 7) is 8.15. The number of carboxylic acid groups (broad SMARTS) is 1. The zero-order valence-corrected chi connectivity index (χ0v) is 27.2. The van der Waals surface area contributed by atoms with E-state index in [1.54, 1.807) is 23.2 Å². The fourth-order valence-electron chi connectivity index (χ4n) is 5.92. The largest absolute Gasteiger partial charge is 0.489 e. The number of likely N-dealkylation sites (N-methyl/N-ethyl adjacent to an activating group) is 1. The fraction of sp³-hybridized carbons (Fsp3) is 0.567. The summed E-state index contributed by atoms with van der Waals surface area (Å²) in [4.78, 5) is 35.6. The Bertz CT molecular complexity index is 1620. The van der Waals surface area contributed by atoms with Gasteiger partial charge in [-0.3, -0.25) is 9.88 Å². The number of anilines is 2. The average molecular weight is 672 g/mol. The van der Waals surface area contributed by atoms with Crippen molar-refractivity contribution in [3.63, 3.8) is 0 Å². The Morgan fingerprint density at radius 2 is 1.72 bits per heavy atom. The molecule has 2 aliphatic heterocycles. The summed E-state index contributed by atoms with van der Waals surface area (Å²) in [6.07, 6.45) is 5.73. The van der Waals surface area contributed by atoms with Gasteiger partial charge >= 0.3 is 6.09 Å². The third-order valence-corrected chi connectivity index (χ3v) is 9.95. The number of amides is 1. The second-order valence-corrected chi connectivity index (χ2v) is 13.7. The number of hydrogen-bond acceptors (Lipinski definition) is 14. The van der Waals surface area contributed by atoms with Crippen molar-refractivity contribution in [2.45, 2.75) is 42.7 Å². The summed E-state index contributed by atoms with van der Waals surface area (Å²) < 4.78 is 44.5. The first-order valence-corrected chi connectivity index (χ1v) is 17.4. The van der Waals surface area contributed by atoms with E-state index in [-0.39, 0.29) is 22.9 Å². The standard InChI is InChI=1S/C30H41N9O7S/c1-37-6-8-38(9-7-37)10-15-45-23-18-32-29(33-19-23)34-21-2-4-22(5-3-21)46-28-25-16-24(47(42,43)36-30(40)41)20-31-26(25)17-27(35-28)39-11-13-44-14-12-39/h16-22,36H,2-15H2,1H3,(H,40,41)(H,32,33,34). The molecule has 3 aliphatic rings. The van der Waals surface area contributed by atoms with Crippen LogP contribution in [-0.2, 0) is 14.8 Å². The first-order valence-electron chi connectivity index (χ1n) is 15.9. The molecule has 0 atom stereocenters. The van der Waals surface area contributed by atoms with Crippen LogP contribution in [0.15, 0.2) is 35.6 Å². The van der Waals surface area contributed by atoms with Crippen LogP contribution in [0.5, 0.6) is 11.6 Å². The Morgan fingerprint density at radius 3 is 2.43 bits per heavy atom. The van der Waals surface area contributed by atoms with Crippen LogP contribution in [0.4, 0.5) is 16.6 Å². The maximum Gasteiger partial charge on any atom is 0.418 e. The Balaban J connectivity index is 1.07. The van der Waals surface area contributed by atoms with Gasteiger partial charge in [0.05, 0.1) is 36.5 Å². The predicted molar refractivity (Wildman–Crippen MR) is 173 cm³/mol. The molecule has 1 amide bonds. The van der Waals surface area contributed by atoms with Crippen LogP contribution in [0.2, 0.25) is 0 Å². The number of aromatic nitrogens is 4. The van der Waals surface area contributed by atoms with Crippen molar-refractivity contribution in [1.29, 1.82) is 0 Å². The fourth-order valence-corrected chi connectivity index (χ4v) is 6.73. The van der Waals surface area contributed by atoms with Gasteiger partial charge in [0.25, 0.3) is 10.0 Å². The van der Waals surface area contributed by atoms with E-state index in [0.717, 1.165) is 64.6 Å². The molecule has 2 saturated heterocycles. The van der Waals surface area contributed by atoms with Gasteiger partial charge in [-0.05, 0) is 38.8 Å². The predicted octanol–water partition coefficient (Wildman–Crippen LogP) is 1.64. The minimum Gasteiger partial charge on any atom is -0.489 e. The third kappa shape index (κ3) is 8.65. The highest BCUT2D eigenvalue weighted by atomic mass is 32.2. The molecule has 1 saturated carbocycles. The number of pyridine rings is 2. The van der Waals surface area contributed by atoms with Gasteiger partial charge in [-0.1, -0.05) is 0 Å². The summed E-state index contributed by atoms with van der Waals surface area (Å²) in [6, 6.07) is 3.28. The molecule has 16 nitrogen and oxygen atoms in total. The number of hydrogen-bond donors (Lipinski definition) is 3. The number of rotatable bonds is 11. The topological polar surface area (TPSA) is 184 Å². The van der Waals surface area contributed by atoms with Crippen LogP contribution in [0.1, 0.15) is 25.7 Å². The molecule has 254 valence electrons. The lowest BCUT2D eigenvalue weighted by Crippen LogP contribution is -2.45. The quantitative estimate of drug-likeness (QED) is 0.267. The molecule has 17 heteroatoms. The van der Waals surface area contributed by atoms with Crippen molar-refractivity contribution in [2.24, 2.45) is 0 Å². The van der Waals surface area contributed by atoms with E-state index in [0.29, 0.717) is 61.3 Å². The van der Waals surface area contributed by atoms with E-state index in [4.69, 9.17) is 24.3 Å². The molecule has 3 aromatic heterocycles. The van der Waals surface area contributed by atoms with Gasteiger partial charge in [-0.2, -0.15) is 4.98 Å². The summed E-state index contributed by atoms with van der Waals surface area (Å²) >= 11 is 0. The highest BCUT2D eigenvalue weighted by Crippen LogP contribution is 2.32. The lowest BCUT2D eigenvalue weighted by atomic mass is 9.93. The van der Waals surface area contributed by atoms with Gasteiger partial charge in [0.1, 0.15) is 23.4 Å². The summed E-state index contributed by atoms with van der Waals surface area (Å²) in [5.41, 5.74) is 0.491. The molecule has 0 bridgehead atoms. The second-order valence-electron chi connectivity index (χ2n) is 12.0. The minimum atomic E-state index is -4.34. The molecule has 0 unspecified atom stereocenters. The Hall–Kier alpha value is -4.06. The van der Waals surface area contributed by atoms with Crippen LogP contribution in [-0.4, -0.2) is 134 Å². The van der Waals surface area contributed by atoms with E-state index in [9.17, 15) is 13.2 Å². The maximum absolute atomic E-state index is 12.6. The van der Waals surface area contributed by atoms with E-state index in [1.807, 2.05) is 0 Å².